The second kappa shape index (κ2) is 21.0. The second-order valence-electron chi connectivity index (χ2n) is 21.2. The van der Waals surface area contributed by atoms with E-state index in [9.17, 15) is 39.0 Å². The zero-order valence-corrected chi connectivity index (χ0v) is 43.0. The first-order valence-electron chi connectivity index (χ1n) is 24.0. The second-order valence-corrected chi connectivity index (χ2v) is 21.6. The molecule has 18 heteroatoms. The molecule has 4 aliphatic carbocycles. The van der Waals surface area contributed by atoms with Crippen molar-refractivity contribution in [2.75, 3.05) is 39.6 Å². The van der Waals surface area contributed by atoms with Crippen LogP contribution in [-0.2, 0) is 66.7 Å². The minimum Gasteiger partial charge on any atom is -0.460 e. The van der Waals surface area contributed by atoms with Gasteiger partial charge in [0.05, 0.1) is 11.7 Å². The normalized spacial score (nSPS) is 33.4. The number of aliphatic hydroxyl groups is 2. The molecule has 0 aromatic heterocycles. The fourth-order valence-electron chi connectivity index (χ4n) is 13.1. The fraction of sp³-hybridized carbons (Fsp3) is 0.745. The van der Waals surface area contributed by atoms with Gasteiger partial charge in [-0.25, -0.2) is 19.2 Å². The van der Waals surface area contributed by atoms with Crippen LogP contribution in [0.2, 0.25) is 5.02 Å². The van der Waals surface area contributed by atoms with E-state index < -0.39 is 136 Å². The van der Waals surface area contributed by atoms with Gasteiger partial charge in [0.15, 0.2) is 11.4 Å². The van der Waals surface area contributed by atoms with Gasteiger partial charge in [-0.05, 0) is 102 Å². The molecule has 4 fully saturated rings. The molecule has 69 heavy (non-hydrogen) atoms. The van der Waals surface area contributed by atoms with Gasteiger partial charge in [0.2, 0.25) is 0 Å². The van der Waals surface area contributed by atoms with Crippen LogP contribution in [0.25, 0.3) is 0 Å². The maximum absolute atomic E-state index is 15.9. The maximum atomic E-state index is 15.9. The van der Waals surface area contributed by atoms with Crippen molar-refractivity contribution in [3.05, 3.63) is 34.9 Å². The highest BCUT2D eigenvalue weighted by Gasteiger charge is 2.81. The monoisotopic (exact) mass is 992 g/mol. The Labute approximate surface area is 410 Å². The first kappa shape index (κ1) is 55.9. The molecule has 0 saturated heterocycles. The molecule has 386 valence electrons. The summed E-state index contributed by atoms with van der Waals surface area (Å²) in [6, 6.07) is 6.02. The highest BCUT2D eigenvalue weighted by Crippen LogP contribution is 2.76. The zero-order chi connectivity index (χ0) is 51.7. The Bertz CT molecular complexity index is 2120. The first-order chi connectivity index (χ1) is 32.0. The van der Waals surface area contributed by atoms with Crippen LogP contribution < -0.4 is 0 Å². The van der Waals surface area contributed by atoms with Crippen molar-refractivity contribution >= 4 is 53.0 Å². The average molecular weight is 994 g/mol. The summed E-state index contributed by atoms with van der Waals surface area (Å²) in [7, 11) is 0. The lowest BCUT2D eigenvalue weighted by Crippen LogP contribution is -2.79. The third kappa shape index (κ3) is 10.4. The lowest BCUT2D eigenvalue weighted by atomic mass is 9.34. The van der Waals surface area contributed by atoms with Crippen molar-refractivity contribution in [2.24, 2.45) is 39.4 Å². The van der Waals surface area contributed by atoms with Gasteiger partial charge in [0, 0.05) is 67.3 Å². The number of aliphatic hydroxyl groups excluding tert-OH is 1. The zero-order valence-electron chi connectivity index (χ0n) is 42.2. The Morgan fingerprint density at radius 3 is 1.87 bits per heavy atom. The van der Waals surface area contributed by atoms with Gasteiger partial charge < -0.3 is 48.1 Å². The summed E-state index contributed by atoms with van der Waals surface area (Å²) < 4.78 is 46.7. The van der Waals surface area contributed by atoms with Crippen LogP contribution in [0.1, 0.15) is 132 Å². The third-order valence-electron chi connectivity index (χ3n) is 16.3. The van der Waals surface area contributed by atoms with Crippen molar-refractivity contribution < 1.29 is 81.7 Å². The van der Waals surface area contributed by atoms with Gasteiger partial charge in [-0.1, -0.05) is 52.3 Å². The predicted molar refractivity (Wildman–Crippen MR) is 247 cm³/mol. The maximum Gasteiger partial charge on any atom is 0.338 e. The molecule has 4 saturated carbocycles. The van der Waals surface area contributed by atoms with Crippen LogP contribution in [-0.4, -0.2) is 132 Å². The van der Waals surface area contributed by atoms with Crippen LogP contribution in [0, 0.1) is 39.4 Å². The van der Waals surface area contributed by atoms with E-state index in [2.05, 4.69) is 0 Å². The number of Topliss-reactive ketones (excluding diaryl/α,β-unsaturated/α-hetero) is 2. The fourth-order valence-corrected chi connectivity index (χ4v) is 13.3. The van der Waals surface area contributed by atoms with Crippen LogP contribution >= 0.6 is 11.6 Å². The summed E-state index contributed by atoms with van der Waals surface area (Å²) in [6.07, 6.45) is -6.34. The van der Waals surface area contributed by atoms with Crippen molar-refractivity contribution in [2.45, 2.75) is 163 Å². The highest BCUT2D eigenvalue weighted by atomic mass is 35.5. The van der Waals surface area contributed by atoms with Gasteiger partial charge in [-0.3, -0.25) is 14.4 Å². The summed E-state index contributed by atoms with van der Waals surface area (Å²) in [4.78, 5) is 97.4. The Kier molecular flexibility index (Phi) is 17.0. The van der Waals surface area contributed by atoms with Crippen LogP contribution in [0.4, 0.5) is 0 Å². The molecule has 0 aliphatic heterocycles. The van der Waals surface area contributed by atoms with E-state index in [0.29, 0.717) is 0 Å². The van der Waals surface area contributed by atoms with Crippen LogP contribution in [0.3, 0.4) is 0 Å². The number of rotatable bonds is 20. The summed E-state index contributed by atoms with van der Waals surface area (Å²) in [5, 5.41) is 26.1. The Morgan fingerprint density at radius 2 is 1.33 bits per heavy atom. The Morgan fingerprint density at radius 1 is 0.783 bits per heavy atom. The number of fused-ring (bicyclic) bond motifs is 5. The minimum absolute atomic E-state index is 0.0184. The standard InChI is InChI=1S/C51H73ClO17/c1-13-62-26-39(57)65-32-22-35-49(11)34(23-37(55)51(35,69-44(60)30-17-16-18-31(52)21-30)46(7,8)43(32)67-41(59)28-64-15-3)47(9)24-33(66-40(58)27-63-14-2)42(48(47,10)25-38(49)56)50(12,61)36(54)19-20-45(5,6)68-29(4)53/h16-18,21,32-35,37,42-43,55,61H,13-15,19-20,22-28H2,1-12H3/t32-,33+,34-,35-,37+,42-,43+,47-,48+,49+,50-,51+/m0/s1. The number of halogens is 1. The van der Waals surface area contributed by atoms with E-state index >= 15 is 4.79 Å². The topological polar surface area (TPSA) is 234 Å². The molecule has 5 rings (SSSR count). The number of carbonyl (C=O) groups excluding carboxylic acids is 7. The molecule has 17 nitrogen and oxygen atoms in total. The Hall–Kier alpha value is -4.00. The van der Waals surface area contributed by atoms with E-state index in [1.54, 1.807) is 74.4 Å². The van der Waals surface area contributed by atoms with E-state index in [1.807, 2.05) is 6.92 Å². The highest BCUT2D eigenvalue weighted by molar-refractivity contribution is 6.30. The van der Waals surface area contributed by atoms with E-state index in [4.69, 9.17) is 49.5 Å². The molecule has 2 N–H and O–H groups in total. The minimum atomic E-state index is -2.22. The lowest BCUT2D eigenvalue weighted by molar-refractivity contribution is -0.315. The van der Waals surface area contributed by atoms with E-state index in [-0.39, 0.29) is 74.7 Å². The molecule has 1 aromatic carbocycles. The summed E-state index contributed by atoms with van der Waals surface area (Å²) >= 11 is 6.35. The molecule has 0 amide bonds. The largest absolute Gasteiger partial charge is 0.460 e. The van der Waals surface area contributed by atoms with Gasteiger partial charge in [0.25, 0.3) is 0 Å². The number of hydrogen-bond donors (Lipinski definition) is 2. The van der Waals surface area contributed by atoms with Crippen molar-refractivity contribution in [1.29, 1.82) is 0 Å². The summed E-state index contributed by atoms with van der Waals surface area (Å²) in [5.74, 6) is -8.00. The summed E-state index contributed by atoms with van der Waals surface area (Å²) in [6.45, 7) is 18.9. The van der Waals surface area contributed by atoms with Gasteiger partial charge >= 0.3 is 29.8 Å². The van der Waals surface area contributed by atoms with Crippen LogP contribution in [0.15, 0.2) is 24.3 Å². The number of benzene rings is 1. The van der Waals surface area contributed by atoms with Gasteiger partial charge in [-0.15, -0.1) is 0 Å². The molecule has 0 spiro atoms. The molecule has 1 aromatic rings. The van der Waals surface area contributed by atoms with E-state index in [0.717, 1.165) is 0 Å². The molecule has 0 radical (unpaired) electrons. The average Bonchev–Trinajstić information content (AvgIpc) is 3.48. The van der Waals surface area contributed by atoms with E-state index in [1.165, 1.54) is 26.0 Å². The first-order valence-corrected chi connectivity index (χ1v) is 24.4. The predicted octanol–water partition coefficient (Wildman–Crippen LogP) is 5.96. The van der Waals surface area contributed by atoms with Gasteiger partial charge in [0.1, 0.15) is 55.1 Å². The Balaban J connectivity index is 1.72. The number of esters is 5. The van der Waals surface area contributed by atoms with Crippen molar-refractivity contribution in [3.8, 4) is 0 Å². The molecule has 12 atom stereocenters. The molecular formula is C51H73ClO17. The van der Waals surface area contributed by atoms with Crippen molar-refractivity contribution in [1.82, 2.24) is 0 Å². The van der Waals surface area contributed by atoms with Gasteiger partial charge in [-0.2, -0.15) is 0 Å². The number of hydrogen-bond acceptors (Lipinski definition) is 17. The number of carbonyl (C=O) groups is 7. The SMILES string of the molecule is CCOCC(=O)O[C@H]1C[C@H]2[C@]3(C)C(=O)C[C@]4(C)[C@@H]([C@@](C)(O)C(=O)CCC(C)(C)OC(C)=O)[C@H](OC(=O)COCC)C[C@@]4(C)[C@@H]3C[C@@H](O)[C@@]2(OC(=O)c2cccc(Cl)c2)C(C)(C)[C@@H]1OC(=O)COCC. The molecule has 4 aliphatic rings. The quantitative estimate of drug-likeness (QED) is 0.113. The summed E-state index contributed by atoms with van der Waals surface area (Å²) in [5.41, 5.74) is -10.9. The number of ketones is 2. The third-order valence-corrected chi connectivity index (χ3v) is 16.5. The molecular weight excluding hydrogens is 920 g/mol. The van der Waals surface area contributed by atoms with Crippen LogP contribution in [0.5, 0.6) is 0 Å². The molecule has 0 bridgehead atoms. The lowest BCUT2D eigenvalue weighted by Gasteiger charge is -2.71. The number of ether oxygens (including phenoxy) is 8. The molecule has 0 unspecified atom stereocenters. The smallest absolute Gasteiger partial charge is 0.338 e. The van der Waals surface area contributed by atoms with Crippen molar-refractivity contribution in [3.63, 3.8) is 0 Å². The molecule has 0 heterocycles.